The molecule has 0 aromatic heterocycles. The van der Waals surface area contributed by atoms with Crippen LogP contribution in [0, 0.1) is 12.3 Å². The van der Waals surface area contributed by atoms with Crippen LogP contribution in [0.25, 0.3) is 5.70 Å². The molecule has 0 amide bonds. The Labute approximate surface area is 139 Å². The van der Waals surface area contributed by atoms with Gasteiger partial charge in [0, 0.05) is 22.1 Å². The third kappa shape index (κ3) is 1.58. The van der Waals surface area contributed by atoms with E-state index in [4.69, 9.17) is 0 Å². The highest BCUT2D eigenvalue weighted by Gasteiger charge is 2.58. The lowest BCUT2D eigenvalue weighted by atomic mass is 9.52. The lowest BCUT2D eigenvalue weighted by Gasteiger charge is -2.59. The summed E-state index contributed by atoms with van der Waals surface area (Å²) in [6.07, 6.45) is 13.5. The molecule has 1 aromatic rings. The molecular formula is C22H25N. The number of benzene rings is 1. The number of aryl methyl sites for hydroxylation is 1. The molecule has 1 aromatic carbocycles. The van der Waals surface area contributed by atoms with Crippen LogP contribution in [0.3, 0.4) is 0 Å². The topological polar surface area (TPSA) is 12.0 Å². The largest absolute Gasteiger partial charge is 0.377 e. The van der Waals surface area contributed by atoms with Crippen LogP contribution >= 0.6 is 0 Å². The zero-order valence-electron chi connectivity index (χ0n) is 14.7. The molecule has 2 aliphatic heterocycles. The summed E-state index contributed by atoms with van der Waals surface area (Å²) in [5.74, 6) is 0. The molecule has 3 aliphatic rings. The van der Waals surface area contributed by atoms with Gasteiger partial charge < -0.3 is 5.32 Å². The summed E-state index contributed by atoms with van der Waals surface area (Å²) in [5.41, 5.74) is 6.65. The first-order valence-corrected chi connectivity index (χ1v) is 8.48. The molecule has 2 atom stereocenters. The molecule has 0 fully saturated rings. The Morgan fingerprint density at radius 1 is 0.957 bits per heavy atom. The summed E-state index contributed by atoms with van der Waals surface area (Å²) < 4.78 is 0. The number of hydrogen-bond acceptors (Lipinski definition) is 1. The Balaban J connectivity index is 2.10. The van der Waals surface area contributed by atoms with Crippen molar-refractivity contribution < 1.29 is 0 Å². The predicted molar refractivity (Wildman–Crippen MR) is 98.2 cm³/mol. The summed E-state index contributed by atoms with van der Waals surface area (Å²) in [4.78, 5) is 0. The number of hydrogen-bond donors (Lipinski definition) is 1. The highest BCUT2D eigenvalue weighted by Crippen LogP contribution is 2.57. The maximum absolute atomic E-state index is 3.94. The van der Waals surface area contributed by atoms with Crippen molar-refractivity contribution >= 4 is 5.70 Å². The van der Waals surface area contributed by atoms with Gasteiger partial charge in [0.1, 0.15) is 0 Å². The van der Waals surface area contributed by atoms with E-state index in [1.165, 1.54) is 28.0 Å². The third-order valence-corrected chi connectivity index (χ3v) is 6.73. The molecule has 23 heavy (non-hydrogen) atoms. The average molecular weight is 303 g/mol. The standard InChI is InChI=1S/C22H25N/c1-15-9-8-11-17-19(15)18-13-12-16-10-6-7-14-21(16,4)22(5,23-18)20(17,2)3/h6-14,23H,1-5H3. The van der Waals surface area contributed by atoms with E-state index in [2.05, 4.69) is 94.6 Å². The normalized spacial score (nSPS) is 32.9. The van der Waals surface area contributed by atoms with Crippen molar-refractivity contribution in [3.05, 3.63) is 76.9 Å². The van der Waals surface area contributed by atoms with Crippen LogP contribution in [0.1, 0.15) is 44.4 Å². The second-order valence-electron chi connectivity index (χ2n) is 8.00. The maximum Gasteiger partial charge on any atom is 0.0565 e. The van der Waals surface area contributed by atoms with E-state index in [-0.39, 0.29) is 16.4 Å². The first kappa shape index (κ1) is 14.6. The molecule has 1 N–H and O–H groups in total. The summed E-state index contributed by atoms with van der Waals surface area (Å²) in [7, 11) is 0. The van der Waals surface area contributed by atoms with Crippen LogP contribution in [0.4, 0.5) is 0 Å². The molecule has 0 saturated carbocycles. The van der Waals surface area contributed by atoms with Crippen LogP contribution in [0.5, 0.6) is 0 Å². The summed E-state index contributed by atoms with van der Waals surface area (Å²) in [5, 5.41) is 3.94. The van der Waals surface area contributed by atoms with Crippen LogP contribution < -0.4 is 5.32 Å². The Hall–Kier alpha value is -2.02. The van der Waals surface area contributed by atoms with Crippen LogP contribution in [-0.2, 0) is 5.41 Å². The quantitative estimate of drug-likeness (QED) is 0.707. The summed E-state index contributed by atoms with van der Waals surface area (Å²) in [6.45, 7) is 11.7. The SMILES string of the molecule is Cc1cccc2c1C1=CC=C3C=CC=CC3(C)C(C)(N1)C2(C)C. The van der Waals surface area contributed by atoms with Gasteiger partial charge in [0.05, 0.1) is 5.54 Å². The molecule has 1 heteroatoms. The van der Waals surface area contributed by atoms with E-state index >= 15 is 0 Å². The van der Waals surface area contributed by atoms with Crippen molar-refractivity contribution in [2.24, 2.45) is 5.41 Å². The smallest absolute Gasteiger partial charge is 0.0565 e. The van der Waals surface area contributed by atoms with Gasteiger partial charge in [-0.2, -0.15) is 0 Å². The average Bonchev–Trinajstić information content (AvgIpc) is 2.61. The monoisotopic (exact) mass is 303 g/mol. The minimum absolute atomic E-state index is 0.000602. The van der Waals surface area contributed by atoms with E-state index in [1.54, 1.807) is 0 Å². The number of rotatable bonds is 0. The second-order valence-corrected chi connectivity index (χ2v) is 8.00. The molecule has 4 rings (SSSR count). The Bertz CT molecular complexity index is 818. The van der Waals surface area contributed by atoms with E-state index in [1.807, 2.05) is 0 Å². The number of fused-ring (bicyclic) bond motifs is 6. The number of nitrogens with one attached hydrogen (secondary N) is 1. The van der Waals surface area contributed by atoms with Gasteiger partial charge in [0.2, 0.25) is 0 Å². The summed E-state index contributed by atoms with van der Waals surface area (Å²) >= 11 is 0. The Morgan fingerprint density at radius 3 is 2.52 bits per heavy atom. The maximum atomic E-state index is 3.94. The van der Waals surface area contributed by atoms with Gasteiger partial charge in [0.25, 0.3) is 0 Å². The zero-order chi connectivity index (χ0) is 16.5. The highest BCUT2D eigenvalue weighted by molar-refractivity contribution is 5.77. The highest BCUT2D eigenvalue weighted by atomic mass is 15.1. The van der Waals surface area contributed by atoms with Crippen molar-refractivity contribution in [2.45, 2.75) is 45.6 Å². The van der Waals surface area contributed by atoms with Crippen molar-refractivity contribution in [2.75, 3.05) is 0 Å². The fourth-order valence-corrected chi connectivity index (χ4v) is 4.74. The molecule has 118 valence electrons. The van der Waals surface area contributed by atoms with E-state index in [0.717, 1.165) is 0 Å². The number of allylic oxidation sites excluding steroid dienone is 5. The molecule has 2 unspecified atom stereocenters. The van der Waals surface area contributed by atoms with Crippen molar-refractivity contribution in [3.63, 3.8) is 0 Å². The van der Waals surface area contributed by atoms with Crippen molar-refractivity contribution in [1.82, 2.24) is 5.32 Å². The molecular weight excluding hydrogens is 278 g/mol. The lowest BCUT2D eigenvalue weighted by molar-refractivity contribution is 0.128. The van der Waals surface area contributed by atoms with Gasteiger partial charge in [-0.3, -0.25) is 0 Å². The molecule has 0 saturated heterocycles. The molecule has 2 bridgehead atoms. The molecule has 0 spiro atoms. The van der Waals surface area contributed by atoms with E-state index < -0.39 is 0 Å². The fraction of sp³-hybridized carbons (Fsp3) is 0.364. The second kappa shape index (κ2) is 4.29. The fourth-order valence-electron chi connectivity index (χ4n) is 4.74. The van der Waals surface area contributed by atoms with E-state index in [9.17, 15) is 0 Å². The van der Waals surface area contributed by atoms with Gasteiger partial charge in [0.15, 0.2) is 0 Å². The third-order valence-electron chi connectivity index (χ3n) is 6.73. The zero-order valence-corrected chi connectivity index (χ0v) is 14.7. The minimum Gasteiger partial charge on any atom is -0.377 e. The van der Waals surface area contributed by atoms with Crippen LogP contribution in [0.2, 0.25) is 0 Å². The molecule has 0 radical (unpaired) electrons. The van der Waals surface area contributed by atoms with Crippen LogP contribution in [0.15, 0.2) is 60.2 Å². The van der Waals surface area contributed by atoms with Gasteiger partial charge in [-0.1, -0.05) is 62.4 Å². The Kier molecular flexibility index (Phi) is 2.71. The summed E-state index contributed by atoms with van der Waals surface area (Å²) in [6, 6.07) is 6.73. The molecule has 1 aliphatic carbocycles. The predicted octanol–water partition coefficient (Wildman–Crippen LogP) is 5.05. The van der Waals surface area contributed by atoms with Gasteiger partial charge in [-0.15, -0.1) is 0 Å². The van der Waals surface area contributed by atoms with E-state index in [0.29, 0.717) is 0 Å². The van der Waals surface area contributed by atoms with Gasteiger partial charge in [-0.05, 0) is 43.5 Å². The van der Waals surface area contributed by atoms with Gasteiger partial charge in [-0.25, -0.2) is 0 Å². The minimum atomic E-state index is -0.101. The first-order chi connectivity index (χ1) is 10.8. The Morgan fingerprint density at radius 2 is 1.74 bits per heavy atom. The van der Waals surface area contributed by atoms with Gasteiger partial charge >= 0.3 is 0 Å². The van der Waals surface area contributed by atoms with Crippen molar-refractivity contribution in [3.8, 4) is 0 Å². The lowest BCUT2D eigenvalue weighted by Crippen LogP contribution is -2.66. The van der Waals surface area contributed by atoms with Crippen LogP contribution in [-0.4, -0.2) is 5.54 Å². The molecule has 2 heterocycles. The first-order valence-electron chi connectivity index (χ1n) is 8.48. The molecule has 1 nitrogen and oxygen atoms in total. The van der Waals surface area contributed by atoms with Crippen molar-refractivity contribution in [1.29, 1.82) is 0 Å².